The lowest BCUT2D eigenvalue weighted by atomic mass is 9.99. The largest absolute Gasteiger partial charge is 0.486 e. The number of hydrogen-bond donors (Lipinski definition) is 0. The number of hydrogen-bond acceptors (Lipinski definition) is 5. The zero-order valence-corrected chi connectivity index (χ0v) is 15.7. The first-order valence-electron chi connectivity index (χ1n) is 8.84. The van der Waals surface area contributed by atoms with Crippen molar-refractivity contribution in [2.24, 2.45) is 0 Å². The minimum Gasteiger partial charge on any atom is -0.486 e. The molecule has 2 aromatic carbocycles. The summed E-state index contributed by atoms with van der Waals surface area (Å²) in [6.07, 6.45) is 2.07. The number of aryl methyl sites for hydroxylation is 2. The van der Waals surface area contributed by atoms with Crippen LogP contribution in [0.25, 0.3) is 6.08 Å². The molecule has 1 atom stereocenters. The number of benzene rings is 2. The third-order valence-electron chi connectivity index (χ3n) is 4.30. The summed E-state index contributed by atoms with van der Waals surface area (Å²) in [5.41, 5.74) is 3.21. The lowest BCUT2D eigenvalue weighted by molar-refractivity contribution is -0.140. The van der Waals surface area contributed by atoms with Crippen molar-refractivity contribution in [1.82, 2.24) is 0 Å². The maximum atomic E-state index is 12.6. The molecule has 0 bridgehead atoms. The molecule has 0 N–H and O–H groups in total. The summed E-state index contributed by atoms with van der Waals surface area (Å²) in [5.74, 6) is 0.553. The smallest absolute Gasteiger partial charge is 0.331 e. The van der Waals surface area contributed by atoms with Crippen LogP contribution in [0.1, 0.15) is 34.0 Å². The van der Waals surface area contributed by atoms with Gasteiger partial charge in [0.05, 0.1) is 0 Å². The average molecular weight is 366 g/mol. The second-order valence-electron chi connectivity index (χ2n) is 6.50. The van der Waals surface area contributed by atoms with Crippen molar-refractivity contribution in [2.75, 3.05) is 13.2 Å². The van der Waals surface area contributed by atoms with Gasteiger partial charge >= 0.3 is 5.97 Å². The van der Waals surface area contributed by atoms with Gasteiger partial charge in [-0.25, -0.2) is 4.79 Å². The highest BCUT2D eigenvalue weighted by Gasteiger charge is 2.20. The van der Waals surface area contributed by atoms with E-state index < -0.39 is 12.1 Å². The van der Waals surface area contributed by atoms with Gasteiger partial charge < -0.3 is 14.2 Å². The number of fused-ring (bicyclic) bond motifs is 1. The monoisotopic (exact) mass is 366 g/mol. The van der Waals surface area contributed by atoms with Gasteiger partial charge in [0.25, 0.3) is 0 Å². The molecule has 1 aliphatic heterocycles. The first-order valence-corrected chi connectivity index (χ1v) is 8.84. The quantitative estimate of drug-likeness (QED) is 0.456. The van der Waals surface area contributed by atoms with Crippen LogP contribution in [0.2, 0.25) is 0 Å². The number of Topliss-reactive ketones (excluding diaryl/α,β-unsaturated/α-hetero) is 1. The van der Waals surface area contributed by atoms with Crippen molar-refractivity contribution in [3.8, 4) is 11.5 Å². The van der Waals surface area contributed by atoms with Crippen LogP contribution in [0, 0.1) is 13.8 Å². The van der Waals surface area contributed by atoms with E-state index in [0.717, 1.165) is 16.7 Å². The molecule has 2 aromatic rings. The lowest BCUT2D eigenvalue weighted by Crippen LogP contribution is -2.24. The van der Waals surface area contributed by atoms with Crippen molar-refractivity contribution in [1.29, 1.82) is 0 Å². The third kappa shape index (κ3) is 4.56. The summed E-state index contributed by atoms with van der Waals surface area (Å²) in [5, 5.41) is 0. The Kier molecular flexibility index (Phi) is 5.60. The maximum absolute atomic E-state index is 12.6. The van der Waals surface area contributed by atoms with Crippen molar-refractivity contribution >= 4 is 17.8 Å². The number of carbonyl (C=O) groups is 2. The van der Waals surface area contributed by atoms with Crippen molar-refractivity contribution in [2.45, 2.75) is 26.9 Å². The van der Waals surface area contributed by atoms with Gasteiger partial charge in [-0.2, -0.15) is 0 Å². The molecule has 27 heavy (non-hydrogen) atoms. The number of esters is 1. The predicted molar refractivity (Wildman–Crippen MR) is 102 cm³/mol. The first-order chi connectivity index (χ1) is 12.9. The maximum Gasteiger partial charge on any atom is 0.331 e. The second kappa shape index (κ2) is 8.08. The molecule has 3 rings (SSSR count). The predicted octanol–water partition coefficient (Wildman–Crippen LogP) is 3.90. The first kappa shape index (κ1) is 18.7. The third-order valence-corrected chi connectivity index (χ3v) is 4.30. The minimum atomic E-state index is -0.858. The fourth-order valence-corrected chi connectivity index (χ4v) is 2.82. The van der Waals surface area contributed by atoms with Crippen molar-refractivity contribution < 1.29 is 23.8 Å². The molecule has 0 amide bonds. The zero-order valence-electron chi connectivity index (χ0n) is 15.7. The molecule has 0 radical (unpaired) electrons. The normalized spacial score (nSPS) is 14.0. The molecule has 0 aromatic heterocycles. The zero-order chi connectivity index (χ0) is 19.4. The molecule has 1 heterocycles. The number of rotatable bonds is 5. The molecule has 1 aliphatic rings. The highest BCUT2D eigenvalue weighted by Crippen LogP contribution is 2.31. The standard InChI is InChI=1S/C22H22O5/c1-14-4-5-15(2)18(12-14)22(24)16(3)27-21(23)9-7-17-6-8-19-20(13-17)26-11-10-25-19/h4-9,12-13,16H,10-11H2,1-3H3/b9-7+/t16-/m1/s1. The molecular weight excluding hydrogens is 344 g/mol. The van der Waals surface area contributed by atoms with E-state index in [2.05, 4.69) is 0 Å². The van der Waals surface area contributed by atoms with E-state index in [0.29, 0.717) is 30.3 Å². The van der Waals surface area contributed by atoms with Crippen LogP contribution in [-0.2, 0) is 9.53 Å². The van der Waals surface area contributed by atoms with E-state index in [-0.39, 0.29) is 5.78 Å². The molecule has 5 nitrogen and oxygen atoms in total. The Morgan fingerprint density at radius 2 is 1.78 bits per heavy atom. The molecule has 0 spiro atoms. The summed E-state index contributed by atoms with van der Waals surface area (Å²) < 4.78 is 16.2. The van der Waals surface area contributed by atoms with Crippen molar-refractivity contribution in [3.05, 3.63) is 64.7 Å². The Morgan fingerprint density at radius 3 is 2.56 bits per heavy atom. The van der Waals surface area contributed by atoms with Gasteiger partial charge in [-0.15, -0.1) is 0 Å². The molecule has 0 fully saturated rings. The summed E-state index contributed by atoms with van der Waals surface area (Å²) in [7, 11) is 0. The Labute approximate surface area is 158 Å². The summed E-state index contributed by atoms with van der Waals surface area (Å²) >= 11 is 0. The SMILES string of the molecule is Cc1ccc(C)c(C(=O)[C@@H](C)OC(=O)/C=C/c2ccc3c(c2)OCCO3)c1. The molecular formula is C22H22O5. The van der Waals surface area contributed by atoms with E-state index in [1.54, 1.807) is 25.1 Å². The van der Waals surface area contributed by atoms with Gasteiger partial charge in [0, 0.05) is 11.6 Å². The number of ether oxygens (including phenoxy) is 3. The Morgan fingerprint density at radius 1 is 1.04 bits per heavy atom. The summed E-state index contributed by atoms with van der Waals surface area (Å²) in [6.45, 7) is 6.40. The Bertz CT molecular complexity index is 898. The van der Waals surface area contributed by atoms with E-state index in [4.69, 9.17) is 14.2 Å². The number of carbonyl (C=O) groups excluding carboxylic acids is 2. The van der Waals surface area contributed by atoms with Gasteiger partial charge in [0.1, 0.15) is 13.2 Å². The molecule has 140 valence electrons. The van der Waals surface area contributed by atoms with E-state index in [1.807, 2.05) is 38.1 Å². The lowest BCUT2D eigenvalue weighted by Gasteiger charge is -2.18. The van der Waals surface area contributed by atoms with Gasteiger partial charge in [-0.05, 0) is 56.2 Å². The van der Waals surface area contributed by atoms with E-state index in [9.17, 15) is 9.59 Å². The highest BCUT2D eigenvalue weighted by molar-refractivity contribution is 6.02. The van der Waals surface area contributed by atoms with Gasteiger partial charge in [0.2, 0.25) is 5.78 Å². The fraction of sp³-hybridized carbons (Fsp3) is 0.273. The van der Waals surface area contributed by atoms with E-state index in [1.165, 1.54) is 6.08 Å². The van der Waals surface area contributed by atoms with Gasteiger partial charge in [0.15, 0.2) is 17.6 Å². The average Bonchev–Trinajstić information content (AvgIpc) is 2.67. The summed E-state index contributed by atoms with van der Waals surface area (Å²) in [4.78, 5) is 24.6. The minimum absolute atomic E-state index is 0.211. The Balaban J connectivity index is 1.63. The second-order valence-corrected chi connectivity index (χ2v) is 6.50. The van der Waals surface area contributed by atoms with Crippen LogP contribution >= 0.6 is 0 Å². The van der Waals surface area contributed by atoms with Crippen LogP contribution < -0.4 is 9.47 Å². The van der Waals surface area contributed by atoms with Crippen LogP contribution in [0.5, 0.6) is 11.5 Å². The molecule has 0 saturated heterocycles. The topological polar surface area (TPSA) is 61.8 Å². The van der Waals surface area contributed by atoms with Gasteiger partial charge in [-0.3, -0.25) is 4.79 Å². The molecule has 0 aliphatic carbocycles. The molecule has 0 saturated carbocycles. The van der Waals surface area contributed by atoms with Crippen LogP contribution in [0.3, 0.4) is 0 Å². The van der Waals surface area contributed by atoms with E-state index >= 15 is 0 Å². The fourth-order valence-electron chi connectivity index (χ4n) is 2.82. The van der Waals surface area contributed by atoms with Gasteiger partial charge in [-0.1, -0.05) is 23.8 Å². The van der Waals surface area contributed by atoms with Crippen LogP contribution in [-0.4, -0.2) is 31.1 Å². The number of ketones is 1. The van der Waals surface area contributed by atoms with Crippen molar-refractivity contribution in [3.63, 3.8) is 0 Å². The molecule has 0 unspecified atom stereocenters. The highest BCUT2D eigenvalue weighted by atomic mass is 16.6. The molecule has 5 heteroatoms. The van der Waals surface area contributed by atoms with Crippen LogP contribution in [0.4, 0.5) is 0 Å². The summed E-state index contributed by atoms with van der Waals surface area (Å²) in [6, 6.07) is 11.1. The van der Waals surface area contributed by atoms with Crippen LogP contribution in [0.15, 0.2) is 42.5 Å². The Hall–Kier alpha value is -3.08.